The zero-order valence-corrected chi connectivity index (χ0v) is 14.4. The Kier molecular flexibility index (Phi) is 5.10. The topological polar surface area (TPSA) is 153 Å². The van der Waals surface area contributed by atoms with Crippen molar-refractivity contribution in [1.29, 1.82) is 0 Å². The van der Waals surface area contributed by atoms with Crippen LogP contribution in [-0.2, 0) is 16.1 Å². The van der Waals surface area contributed by atoms with Crippen LogP contribution in [0.15, 0.2) is 30.3 Å². The maximum atomic E-state index is 13.0. The lowest BCUT2D eigenvalue weighted by Gasteiger charge is -2.23. The number of carbonyl (C=O) groups is 4. The lowest BCUT2D eigenvalue weighted by Crippen LogP contribution is -2.24. The molecule has 0 aromatic heterocycles. The third-order valence-electron chi connectivity index (χ3n) is 4.10. The number of carbonyl (C=O) groups excluding carboxylic acids is 2. The normalized spacial score (nSPS) is 12.2. The van der Waals surface area contributed by atoms with Crippen LogP contribution in [0.2, 0.25) is 0 Å². The number of fused-ring (bicyclic) bond motifs is 2. The maximum absolute atomic E-state index is 13.0. The fourth-order valence-electron chi connectivity index (χ4n) is 2.97. The zero-order valence-electron chi connectivity index (χ0n) is 14.4. The Morgan fingerprint density at radius 1 is 0.857 bits per heavy atom. The van der Waals surface area contributed by atoms with Gasteiger partial charge in [-0.3, -0.25) is 9.59 Å². The molecule has 0 fully saturated rings. The number of rotatable bonds is 7. The van der Waals surface area contributed by atoms with Crippen LogP contribution in [-0.4, -0.2) is 46.9 Å². The van der Waals surface area contributed by atoms with E-state index in [0.29, 0.717) is 0 Å². The Hall–Kier alpha value is -3.72. The molecule has 0 aliphatic heterocycles. The molecule has 0 saturated carbocycles. The van der Waals surface area contributed by atoms with E-state index >= 15 is 0 Å². The van der Waals surface area contributed by atoms with Crippen LogP contribution in [0, 0.1) is 0 Å². The van der Waals surface area contributed by atoms with E-state index in [1.54, 1.807) is 12.1 Å². The molecule has 2 aromatic rings. The monoisotopic (exact) mass is 385 g/mol. The second-order valence-electron chi connectivity index (χ2n) is 5.89. The van der Waals surface area contributed by atoms with Gasteiger partial charge in [0, 0.05) is 28.8 Å². The summed E-state index contributed by atoms with van der Waals surface area (Å²) in [5.41, 5.74) is 6.05. The predicted octanol–water partition coefficient (Wildman–Crippen LogP) is 0.847. The van der Waals surface area contributed by atoms with Crippen molar-refractivity contribution in [3.05, 3.63) is 58.1 Å². The van der Waals surface area contributed by atoms with Crippen LogP contribution in [0.25, 0.3) is 0 Å². The van der Waals surface area contributed by atoms with E-state index in [4.69, 9.17) is 25.4 Å². The minimum absolute atomic E-state index is 0.00721. The standard InChI is InChI=1S/C19H15NO8/c20-6-9-5-12-15(17(26)11-4-2-1-3-10(11)16(12)25)19(28-8-14(23)24)18(9)27-7-13(21)22/h1-5H,6-8,20H2,(H,21,22)(H,23,24). The molecule has 0 radical (unpaired) electrons. The van der Waals surface area contributed by atoms with Gasteiger partial charge in [0.1, 0.15) is 0 Å². The van der Waals surface area contributed by atoms with Crippen molar-refractivity contribution in [1.82, 2.24) is 0 Å². The molecule has 9 nitrogen and oxygen atoms in total. The van der Waals surface area contributed by atoms with Gasteiger partial charge in [0.15, 0.2) is 36.3 Å². The zero-order chi connectivity index (χ0) is 20.4. The van der Waals surface area contributed by atoms with Gasteiger partial charge >= 0.3 is 11.9 Å². The number of benzene rings is 2. The van der Waals surface area contributed by atoms with E-state index in [1.165, 1.54) is 18.2 Å². The summed E-state index contributed by atoms with van der Waals surface area (Å²) in [5.74, 6) is -4.12. The summed E-state index contributed by atoms with van der Waals surface area (Å²) in [4.78, 5) is 47.8. The van der Waals surface area contributed by atoms with Crippen molar-refractivity contribution >= 4 is 23.5 Å². The predicted molar refractivity (Wildman–Crippen MR) is 93.9 cm³/mol. The van der Waals surface area contributed by atoms with Gasteiger partial charge in [-0.15, -0.1) is 0 Å². The molecule has 3 rings (SSSR count). The van der Waals surface area contributed by atoms with E-state index in [2.05, 4.69) is 0 Å². The molecule has 0 amide bonds. The summed E-state index contributed by atoms with van der Waals surface area (Å²) in [7, 11) is 0. The second-order valence-corrected chi connectivity index (χ2v) is 5.89. The third-order valence-corrected chi connectivity index (χ3v) is 4.10. The Balaban J connectivity index is 2.25. The van der Waals surface area contributed by atoms with Gasteiger partial charge in [-0.05, 0) is 6.07 Å². The first-order valence-corrected chi connectivity index (χ1v) is 8.12. The fraction of sp³-hybridized carbons (Fsp3) is 0.158. The average Bonchev–Trinajstić information content (AvgIpc) is 2.67. The molecule has 9 heteroatoms. The van der Waals surface area contributed by atoms with E-state index in [-0.39, 0.29) is 45.9 Å². The number of hydrogen-bond donors (Lipinski definition) is 3. The summed E-state index contributed by atoms with van der Waals surface area (Å²) < 4.78 is 10.5. The minimum atomic E-state index is -1.33. The molecule has 1 aliphatic rings. The van der Waals surface area contributed by atoms with Crippen molar-refractivity contribution in [2.24, 2.45) is 5.73 Å². The van der Waals surface area contributed by atoms with Crippen molar-refractivity contribution in [2.75, 3.05) is 13.2 Å². The van der Waals surface area contributed by atoms with Crippen molar-refractivity contribution in [2.45, 2.75) is 6.54 Å². The third kappa shape index (κ3) is 3.30. The number of carboxylic acids is 2. The van der Waals surface area contributed by atoms with Gasteiger partial charge in [-0.1, -0.05) is 24.3 Å². The highest BCUT2D eigenvalue weighted by Crippen LogP contribution is 2.42. The first kappa shape index (κ1) is 19.1. The number of nitrogens with two attached hydrogens (primary N) is 1. The van der Waals surface area contributed by atoms with E-state index in [0.717, 1.165) is 0 Å². The fourth-order valence-corrected chi connectivity index (χ4v) is 2.97. The molecule has 0 spiro atoms. The van der Waals surface area contributed by atoms with Crippen molar-refractivity contribution in [3.8, 4) is 11.5 Å². The number of hydrogen-bond acceptors (Lipinski definition) is 7. The second kappa shape index (κ2) is 7.49. The molecule has 4 N–H and O–H groups in total. The summed E-state index contributed by atoms with van der Waals surface area (Å²) in [6, 6.07) is 7.52. The quantitative estimate of drug-likeness (QED) is 0.537. The van der Waals surface area contributed by atoms with E-state index in [1.807, 2.05) is 0 Å². The Morgan fingerprint density at radius 3 is 1.93 bits per heavy atom. The molecule has 1 aliphatic carbocycles. The van der Waals surface area contributed by atoms with Gasteiger partial charge in [0.2, 0.25) is 0 Å². The highest BCUT2D eigenvalue weighted by molar-refractivity contribution is 6.29. The summed E-state index contributed by atoms with van der Waals surface area (Å²) in [5, 5.41) is 17.9. The van der Waals surface area contributed by atoms with Crippen LogP contribution in [0.4, 0.5) is 0 Å². The summed E-state index contributed by atoms with van der Waals surface area (Å²) in [6.07, 6.45) is 0. The molecule has 0 unspecified atom stereocenters. The molecular weight excluding hydrogens is 370 g/mol. The highest BCUT2D eigenvalue weighted by Gasteiger charge is 2.35. The number of ketones is 2. The number of carboxylic acid groups (broad SMARTS) is 2. The van der Waals surface area contributed by atoms with Gasteiger partial charge in [0.25, 0.3) is 0 Å². The largest absolute Gasteiger partial charge is 0.479 e. The molecular formula is C19H15NO8. The maximum Gasteiger partial charge on any atom is 0.341 e. The molecule has 144 valence electrons. The van der Waals surface area contributed by atoms with E-state index in [9.17, 15) is 19.2 Å². The average molecular weight is 385 g/mol. The van der Waals surface area contributed by atoms with Crippen LogP contribution >= 0.6 is 0 Å². The first-order chi connectivity index (χ1) is 13.3. The minimum Gasteiger partial charge on any atom is -0.479 e. The van der Waals surface area contributed by atoms with Crippen LogP contribution < -0.4 is 15.2 Å². The first-order valence-electron chi connectivity index (χ1n) is 8.12. The molecule has 0 bridgehead atoms. The lowest BCUT2D eigenvalue weighted by atomic mass is 9.82. The number of aliphatic carboxylic acids is 2. The summed E-state index contributed by atoms with van der Waals surface area (Å²) >= 11 is 0. The van der Waals surface area contributed by atoms with Crippen molar-refractivity contribution < 1.29 is 38.9 Å². The Labute approximate surface area is 158 Å². The molecule has 0 heterocycles. The van der Waals surface area contributed by atoms with Gasteiger partial charge < -0.3 is 25.4 Å². The molecule has 2 aromatic carbocycles. The Bertz CT molecular complexity index is 1010. The summed E-state index contributed by atoms with van der Waals surface area (Å²) in [6.45, 7) is -1.75. The van der Waals surface area contributed by atoms with Gasteiger partial charge in [-0.2, -0.15) is 0 Å². The number of ether oxygens (including phenoxy) is 2. The van der Waals surface area contributed by atoms with E-state index < -0.39 is 36.7 Å². The smallest absolute Gasteiger partial charge is 0.341 e. The SMILES string of the molecule is NCc1cc2c(c(OCC(=O)O)c1OCC(=O)O)C(=O)c1ccccc1C2=O. The van der Waals surface area contributed by atoms with Gasteiger partial charge in [-0.25, -0.2) is 9.59 Å². The van der Waals surface area contributed by atoms with Crippen molar-refractivity contribution in [3.63, 3.8) is 0 Å². The Morgan fingerprint density at radius 2 is 1.39 bits per heavy atom. The molecule has 0 saturated heterocycles. The highest BCUT2D eigenvalue weighted by atomic mass is 16.5. The van der Waals surface area contributed by atoms with Crippen LogP contribution in [0.5, 0.6) is 11.5 Å². The van der Waals surface area contributed by atoms with Crippen LogP contribution in [0.1, 0.15) is 37.4 Å². The molecule has 0 atom stereocenters. The molecule has 28 heavy (non-hydrogen) atoms. The van der Waals surface area contributed by atoms with Crippen LogP contribution in [0.3, 0.4) is 0 Å². The van der Waals surface area contributed by atoms with Gasteiger partial charge in [0.05, 0.1) is 5.56 Å². The lowest BCUT2D eigenvalue weighted by molar-refractivity contribution is -0.140.